The van der Waals surface area contributed by atoms with Crippen molar-refractivity contribution >= 4 is 17.2 Å². The van der Waals surface area contributed by atoms with Crippen LogP contribution < -0.4 is 15.1 Å². The van der Waals surface area contributed by atoms with Gasteiger partial charge in [-0.15, -0.1) is 0 Å². The predicted octanol–water partition coefficient (Wildman–Crippen LogP) is 4.29. The van der Waals surface area contributed by atoms with Crippen LogP contribution in [0.3, 0.4) is 0 Å². The van der Waals surface area contributed by atoms with E-state index in [0.29, 0.717) is 6.04 Å². The van der Waals surface area contributed by atoms with Gasteiger partial charge in [-0.3, -0.25) is 0 Å². The van der Waals surface area contributed by atoms with E-state index in [1.165, 1.54) is 31.0 Å². The quantitative estimate of drug-likeness (QED) is 0.887. The molecule has 2 aliphatic rings. The van der Waals surface area contributed by atoms with Gasteiger partial charge in [0.05, 0.1) is 0 Å². The number of hydrogen-bond acceptors (Lipinski definition) is 4. The Balaban J connectivity index is 1.42. The average molecular weight is 354 g/mol. The lowest BCUT2D eigenvalue weighted by molar-refractivity contribution is 0.527. The molecule has 3 heterocycles. The first-order chi connectivity index (χ1) is 12.8. The molecule has 0 unspecified atom stereocenters. The molecule has 0 amide bonds. The number of rotatable bonds is 4. The summed E-state index contributed by atoms with van der Waals surface area (Å²) in [4.78, 5) is 9.24. The highest BCUT2D eigenvalue weighted by Gasteiger charge is 2.21. The van der Waals surface area contributed by atoms with Crippen molar-refractivity contribution in [2.75, 3.05) is 41.3 Å². The Morgan fingerprint density at radius 2 is 1.73 bits per heavy atom. The Hall–Kier alpha value is -2.30. The van der Waals surface area contributed by atoms with E-state index >= 15 is 0 Å². The van der Waals surface area contributed by atoms with Crippen LogP contribution in [-0.4, -0.2) is 37.2 Å². The van der Waals surface area contributed by atoms with Crippen molar-refractivity contribution in [3.05, 3.63) is 48.4 Å². The molecule has 0 saturated carbocycles. The van der Waals surface area contributed by atoms with Crippen molar-refractivity contribution < 1.29 is 4.39 Å². The molecular formula is C21H27FN4. The zero-order chi connectivity index (χ0) is 17.8. The van der Waals surface area contributed by atoms with Gasteiger partial charge in [0, 0.05) is 55.9 Å². The van der Waals surface area contributed by atoms with E-state index in [4.69, 9.17) is 0 Å². The fourth-order valence-electron chi connectivity index (χ4n) is 4.06. The lowest BCUT2D eigenvalue weighted by Gasteiger charge is -2.35. The van der Waals surface area contributed by atoms with Crippen LogP contribution >= 0.6 is 0 Å². The van der Waals surface area contributed by atoms with E-state index in [1.54, 1.807) is 12.1 Å². The highest BCUT2D eigenvalue weighted by atomic mass is 19.1. The maximum Gasteiger partial charge on any atom is 0.128 e. The van der Waals surface area contributed by atoms with Crippen LogP contribution in [0.2, 0.25) is 0 Å². The van der Waals surface area contributed by atoms with Gasteiger partial charge in [-0.25, -0.2) is 9.37 Å². The number of pyridine rings is 1. The summed E-state index contributed by atoms with van der Waals surface area (Å²) >= 11 is 0. The van der Waals surface area contributed by atoms with E-state index in [9.17, 15) is 4.39 Å². The van der Waals surface area contributed by atoms with Crippen LogP contribution in [0.25, 0.3) is 0 Å². The summed E-state index contributed by atoms with van der Waals surface area (Å²) in [7, 11) is 0. The zero-order valence-corrected chi connectivity index (χ0v) is 15.2. The number of halogens is 1. The summed E-state index contributed by atoms with van der Waals surface area (Å²) < 4.78 is 13.5. The first-order valence-corrected chi connectivity index (χ1v) is 9.76. The van der Waals surface area contributed by atoms with Gasteiger partial charge in [0.2, 0.25) is 0 Å². The second kappa shape index (κ2) is 7.94. The van der Waals surface area contributed by atoms with Crippen molar-refractivity contribution in [2.45, 2.75) is 38.1 Å². The molecular weight excluding hydrogens is 327 g/mol. The fourth-order valence-corrected chi connectivity index (χ4v) is 4.06. The summed E-state index contributed by atoms with van der Waals surface area (Å²) in [6, 6.07) is 11.5. The second-order valence-corrected chi connectivity index (χ2v) is 7.36. The van der Waals surface area contributed by atoms with Crippen LogP contribution in [-0.2, 0) is 0 Å². The number of benzene rings is 1. The molecule has 1 atom stereocenters. The first kappa shape index (κ1) is 17.1. The van der Waals surface area contributed by atoms with Crippen LogP contribution in [0.5, 0.6) is 0 Å². The molecule has 26 heavy (non-hydrogen) atoms. The van der Waals surface area contributed by atoms with Gasteiger partial charge in [-0.1, -0.05) is 6.07 Å². The van der Waals surface area contributed by atoms with Gasteiger partial charge in [0.1, 0.15) is 11.6 Å². The van der Waals surface area contributed by atoms with Crippen LogP contribution in [0.15, 0.2) is 42.6 Å². The molecule has 0 aliphatic carbocycles. The van der Waals surface area contributed by atoms with E-state index in [1.807, 2.05) is 12.3 Å². The highest BCUT2D eigenvalue weighted by Crippen LogP contribution is 2.25. The van der Waals surface area contributed by atoms with Crippen LogP contribution in [0.4, 0.5) is 21.6 Å². The normalized spacial score (nSPS) is 20.9. The molecule has 0 bridgehead atoms. The van der Waals surface area contributed by atoms with Crippen molar-refractivity contribution in [3.8, 4) is 0 Å². The van der Waals surface area contributed by atoms with Gasteiger partial charge in [0.25, 0.3) is 0 Å². The van der Waals surface area contributed by atoms with E-state index in [2.05, 4.69) is 32.2 Å². The Morgan fingerprint density at radius 3 is 2.58 bits per heavy atom. The van der Waals surface area contributed by atoms with Gasteiger partial charge >= 0.3 is 0 Å². The number of nitrogens with one attached hydrogen (secondary N) is 1. The minimum atomic E-state index is -0.173. The third-order valence-electron chi connectivity index (χ3n) is 5.41. The molecule has 2 fully saturated rings. The van der Waals surface area contributed by atoms with Crippen molar-refractivity contribution in [1.29, 1.82) is 0 Å². The van der Waals surface area contributed by atoms with Crippen molar-refractivity contribution in [1.82, 2.24) is 4.98 Å². The molecule has 1 aromatic carbocycles. The third kappa shape index (κ3) is 4.09. The van der Waals surface area contributed by atoms with E-state index < -0.39 is 0 Å². The first-order valence-electron chi connectivity index (χ1n) is 9.76. The van der Waals surface area contributed by atoms with Crippen LogP contribution in [0, 0.1) is 5.82 Å². The summed E-state index contributed by atoms with van der Waals surface area (Å²) in [5.74, 6) is 0.771. The Kier molecular flexibility index (Phi) is 5.23. The molecule has 4 nitrogen and oxygen atoms in total. The van der Waals surface area contributed by atoms with Gasteiger partial charge in [0.15, 0.2) is 0 Å². The Labute approximate surface area is 155 Å². The third-order valence-corrected chi connectivity index (χ3v) is 5.41. The summed E-state index contributed by atoms with van der Waals surface area (Å²) in [6.45, 7) is 4.13. The maximum atomic E-state index is 13.5. The molecule has 1 aromatic heterocycles. The summed E-state index contributed by atoms with van der Waals surface area (Å²) in [6.07, 6.45) is 8.00. The van der Waals surface area contributed by atoms with Gasteiger partial charge < -0.3 is 15.1 Å². The Bertz CT molecular complexity index is 729. The second-order valence-electron chi connectivity index (χ2n) is 7.36. The molecule has 138 valence electrons. The zero-order valence-electron chi connectivity index (χ0n) is 15.2. The SMILES string of the molecule is Fc1cccc(N2CCC[C@@H](Nc3cc(N4CCCCC4)ccn3)C2)c1. The lowest BCUT2D eigenvalue weighted by atomic mass is 10.0. The van der Waals surface area contributed by atoms with Crippen molar-refractivity contribution in [3.63, 3.8) is 0 Å². The monoisotopic (exact) mass is 354 g/mol. The standard InChI is InChI=1S/C21H27FN4/c22-17-6-4-8-19(14-17)26-13-5-7-18(16-26)24-21-15-20(9-10-23-21)25-11-2-1-3-12-25/h4,6,8-10,14-15,18H,1-3,5,7,11-13,16H2,(H,23,24)/t18-/m1/s1. The topological polar surface area (TPSA) is 31.4 Å². The van der Waals surface area contributed by atoms with E-state index in [0.717, 1.165) is 50.5 Å². The van der Waals surface area contributed by atoms with Gasteiger partial charge in [-0.2, -0.15) is 0 Å². The molecule has 5 heteroatoms. The van der Waals surface area contributed by atoms with Gasteiger partial charge in [-0.05, 0) is 56.4 Å². The molecule has 2 saturated heterocycles. The molecule has 4 rings (SSSR count). The minimum Gasteiger partial charge on any atom is -0.371 e. The van der Waals surface area contributed by atoms with E-state index in [-0.39, 0.29) is 5.82 Å². The fraction of sp³-hybridized carbons (Fsp3) is 0.476. The molecule has 0 radical (unpaired) electrons. The summed E-state index contributed by atoms with van der Waals surface area (Å²) in [5.41, 5.74) is 2.23. The maximum absolute atomic E-state index is 13.5. The Morgan fingerprint density at radius 1 is 0.923 bits per heavy atom. The van der Waals surface area contributed by atoms with Crippen LogP contribution in [0.1, 0.15) is 32.1 Å². The number of nitrogens with zero attached hydrogens (tertiary/aromatic N) is 3. The number of aromatic nitrogens is 1. The smallest absolute Gasteiger partial charge is 0.128 e. The van der Waals surface area contributed by atoms with Crippen molar-refractivity contribution in [2.24, 2.45) is 0 Å². The molecule has 2 aliphatic heterocycles. The number of hydrogen-bond donors (Lipinski definition) is 1. The minimum absolute atomic E-state index is 0.173. The lowest BCUT2D eigenvalue weighted by Crippen LogP contribution is -2.42. The average Bonchev–Trinajstić information content (AvgIpc) is 2.69. The highest BCUT2D eigenvalue weighted by molar-refractivity contribution is 5.55. The summed E-state index contributed by atoms with van der Waals surface area (Å²) in [5, 5.41) is 3.60. The molecule has 0 spiro atoms. The molecule has 2 aromatic rings. The predicted molar refractivity (Wildman–Crippen MR) is 106 cm³/mol. The number of anilines is 3. The molecule has 1 N–H and O–H groups in total. The number of piperidine rings is 2. The largest absolute Gasteiger partial charge is 0.371 e.